The molecule has 0 spiro atoms. The first-order valence-corrected chi connectivity index (χ1v) is 8.08. The maximum Gasteiger partial charge on any atom is 0.226 e. The Morgan fingerprint density at radius 1 is 0.913 bits per heavy atom. The highest BCUT2D eigenvalue weighted by molar-refractivity contribution is 7.98. The van der Waals surface area contributed by atoms with E-state index in [4.69, 9.17) is 4.42 Å². The van der Waals surface area contributed by atoms with Crippen LogP contribution in [0.3, 0.4) is 0 Å². The van der Waals surface area contributed by atoms with E-state index in [9.17, 15) is 8.78 Å². The van der Waals surface area contributed by atoms with Crippen molar-refractivity contribution in [3.63, 3.8) is 0 Å². The van der Waals surface area contributed by atoms with Gasteiger partial charge in [-0.3, -0.25) is 0 Å². The molecular weight excluding hydrogens is 318 g/mol. The van der Waals surface area contributed by atoms with Gasteiger partial charge in [-0.15, -0.1) is 22.0 Å². The van der Waals surface area contributed by atoms with E-state index < -0.39 is 0 Å². The second-order valence-corrected chi connectivity index (χ2v) is 6.10. The zero-order chi connectivity index (χ0) is 16.2. The molecule has 23 heavy (non-hydrogen) atoms. The Labute approximate surface area is 136 Å². The summed E-state index contributed by atoms with van der Waals surface area (Å²) in [7, 11) is 0. The first kappa shape index (κ1) is 15.7. The number of hydrogen-bond donors (Lipinski definition) is 0. The fraction of sp³-hybridized carbons (Fsp3) is 0.176. The number of aromatic nitrogens is 2. The van der Waals surface area contributed by atoms with Crippen LogP contribution in [0.25, 0.3) is 0 Å². The van der Waals surface area contributed by atoms with E-state index in [0.29, 0.717) is 17.5 Å². The van der Waals surface area contributed by atoms with Crippen LogP contribution in [-0.2, 0) is 5.75 Å². The Morgan fingerprint density at radius 2 is 1.43 bits per heavy atom. The molecule has 2 aromatic carbocycles. The number of halogens is 2. The summed E-state index contributed by atoms with van der Waals surface area (Å²) in [5.41, 5.74) is 1.86. The predicted octanol–water partition coefficient (Wildman–Crippen LogP) is 4.68. The van der Waals surface area contributed by atoms with Crippen molar-refractivity contribution in [2.75, 3.05) is 0 Å². The highest BCUT2D eigenvalue weighted by Crippen LogP contribution is 2.37. The Kier molecular flexibility index (Phi) is 4.71. The summed E-state index contributed by atoms with van der Waals surface area (Å²) >= 11 is 1.56. The molecule has 0 N–H and O–H groups in total. The molecule has 3 aromatic rings. The number of thioether (sulfide) groups is 1. The minimum Gasteiger partial charge on any atom is -0.425 e. The Morgan fingerprint density at radius 3 is 1.87 bits per heavy atom. The van der Waals surface area contributed by atoms with Crippen LogP contribution in [0.1, 0.15) is 28.2 Å². The van der Waals surface area contributed by atoms with Crippen LogP contribution in [-0.4, -0.2) is 10.2 Å². The van der Waals surface area contributed by atoms with Gasteiger partial charge in [0.2, 0.25) is 11.8 Å². The number of hydrogen-bond acceptors (Lipinski definition) is 4. The quantitative estimate of drug-likeness (QED) is 0.680. The Hall–Kier alpha value is -2.21. The van der Waals surface area contributed by atoms with Crippen molar-refractivity contribution in [3.8, 4) is 0 Å². The Balaban J connectivity index is 1.86. The van der Waals surface area contributed by atoms with Gasteiger partial charge in [-0.05, 0) is 35.4 Å². The van der Waals surface area contributed by atoms with Gasteiger partial charge in [0, 0.05) is 6.92 Å². The molecule has 0 radical (unpaired) electrons. The molecule has 1 heterocycles. The van der Waals surface area contributed by atoms with E-state index in [2.05, 4.69) is 10.2 Å². The second kappa shape index (κ2) is 6.91. The van der Waals surface area contributed by atoms with Crippen LogP contribution < -0.4 is 0 Å². The third-order valence-corrected chi connectivity index (χ3v) is 4.58. The van der Waals surface area contributed by atoms with Crippen molar-refractivity contribution in [2.45, 2.75) is 17.9 Å². The van der Waals surface area contributed by atoms with Crippen molar-refractivity contribution < 1.29 is 13.2 Å². The first-order valence-electron chi connectivity index (χ1n) is 7.03. The molecule has 0 fully saturated rings. The average Bonchev–Trinajstić information content (AvgIpc) is 2.96. The number of nitrogens with zero attached hydrogens (tertiary/aromatic N) is 2. The van der Waals surface area contributed by atoms with Gasteiger partial charge < -0.3 is 4.42 Å². The summed E-state index contributed by atoms with van der Waals surface area (Å²) < 4.78 is 31.7. The summed E-state index contributed by atoms with van der Waals surface area (Å²) in [5.74, 6) is 0.982. The van der Waals surface area contributed by atoms with Gasteiger partial charge in [0.05, 0.1) is 11.0 Å². The van der Waals surface area contributed by atoms with Crippen molar-refractivity contribution in [2.24, 2.45) is 0 Å². The molecule has 0 aliphatic heterocycles. The molecule has 6 heteroatoms. The van der Waals surface area contributed by atoms with Gasteiger partial charge in [0.15, 0.2) is 0 Å². The van der Waals surface area contributed by atoms with Gasteiger partial charge >= 0.3 is 0 Å². The largest absolute Gasteiger partial charge is 0.425 e. The van der Waals surface area contributed by atoms with Crippen molar-refractivity contribution in [3.05, 3.63) is 83.1 Å². The van der Waals surface area contributed by atoms with E-state index in [1.165, 1.54) is 24.3 Å². The number of aryl methyl sites for hydroxylation is 1. The van der Waals surface area contributed by atoms with E-state index >= 15 is 0 Å². The lowest BCUT2D eigenvalue weighted by Crippen LogP contribution is -1.98. The van der Waals surface area contributed by atoms with Gasteiger partial charge in [-0.2, -0.15) is 0 Å². The highest BCUT2D eigenvalue weighted by atomic mass is 32.2. The first-order chi connectivity index (χ1) is 11.1. The molecule has 3 rings (SSSR count). The van der Waals surface area contributed by atoms with Crippen molar-refractivity contribution in [1.82, 2.24) is 10.2 Å². The zero-order valence-corrected chi connectivity index (χ0v) is 13.2. The molecule has 118 valence electrons. The van der Waals surface area contributed by atoms with Crippen LogP contribution in [0.4, 0.5) is 8.78 Å². The fourth-order valence-electron chi connectivity index (χ4n) is 2.21. The molecule has 3 nitrogen and oxygen atoms in total. The van der Waals surface area contributed by atoms with Gasteiger partial charge in [-0.1, -0.05) is 24.3 Å². The molecule has 0 saturated carbocycles. The molecule has 0 bridgehead atoms. The molecule has 0 aliphatic carbocycles. The van der Waals surface area contributed by atoms with Crippen molar-refractivity contribution in [1.29, 1.82) is 0 Å². The lowest BCUT2D eigenvalue weighted by Gasteiger charge is -2.17. The molecule has 0 amide bonds. The minimum atomic E-state index is -0.288. The number of rotatable bonds is 5. The summed E-state index contributed by atoms with van der Waals surface area (Å²) in [6, 6.07) is 12.6. The summed E-state index contributed by atoms with van der Waals surface area (Å²) in [6.45, 7) is 1.73. The van der Waals surface area contributed by atoms with E-state index in [1.54, 1.807) is 43.0 Å². The average molecular weight is 332 g/mol. The van der Waals surface area contributed by atoms with E-state index in [0.717, 1.165) is 11.1 Å². The zero-order valence-electron chi connectivity index (χ0n) is 12.4. The normalized spacial score (nSPS) is 11.1. The monoisotopic (exact) mass is 332 g/mol. The van der Waals surface area contributed by atoms with Crippen LogP contribution >= 0.6 is 11.8 Å². The molecule has 0 unspecified atom stereocenters. The molecule has 0 atom stereocenters. The summed E-state index contributed by atoms with van der Waals surface area (Å²) in [6.07, 6.45) is 0. The fourth-order valence-corrected chi connectivity index (χ4v) is 3.34. The molecular formula is C17H14F2N2OS. The summed E-state index contributed by atoms with van der Waals surface area (Å²) in [4.78, 5) is 0. The highest BCUT2D eigenvalue weighted by Gasteiger charge is 2.17. The van der Waals surface area contributed by atoms with E-state index in [1.807, 2.05) is 0 Å². The standard InChI is InChI=1S/C17H14F2N2OS/c1-11-20-21-16(22-11)10-23-17(12-2-6-14(18)7-3-12)13-4-8-15(19)9-5-13/h2-9,17H,10H2,1H3. The van der Waals surface area contributed by atoms with Crippen LogP contribution in [0.15, 0.2) is 52.9 Å². The van der Waals surface area contributed by atoms with E-state index in [-0.39, 0.29) is 16.9 Å². The molecule has 1 aromatic heterocycles. The smallest absolute Gasteiger partial charge is 0.226 e. The molecule has 0 aliphatic rings. The maximum absolute atomic E-state index is 13.2. The third kappa shape index (κ3) is 3.96. The number of benzene rings is 2. The van der Waals surface area contributed by atoms with Gasteiger partial charge in [0.1, 0.15) is 11.6 Å². The van der Waals surface area contributed by atoms with Gasteiger partial charge in [0.25, 0.3) is 0 Å². The Bertz CT molecular complexity index is 727. The molecule has 0 saturated heterocycles. The van der Waals surface area contributed by atoms with Gasteiger partial charge in [-0.25, -0.2) is 8.78 Å². The lowest BCUT2D eigenvalue weighted by molar-refractivity contribution is 0.485. The minimum absolute atomic E-state index is 0.0802. The second-order valence-electron chi connectivity index (χ2n) is 5.01. The topological polar surface area (TPSA) is 38.9 Å². The summed E-state index contributed by atoms with van der Waals surface area (Å²) in [5, 5.41) is 7.70. The maximum atomic E-state index is 13.2. The predicted molar refractivity (Wildman–Crippen MR) is 85.0 cm³/mol. The van der Waals surface area contributed by atoms with Crippen LogP contribution in [0.2, 0.25) is 0 Å². The lowest BCUT2D eigenvalue weighted by atomic mass is 10.0. The van der Waals surface area contributed by atoms with Crippen molar-refractivity contribution >= 4 is 11.8 Å². The van der Waals surface area contributed by atoms with Crippen LogP contribution in [0, 0.1) is 18.6 Å². The van der Waals surface area contributed by atoms with Crippen LogP contribution in [0.5, 0.6) is 0 Å². The SMILES string of the molecule is Cc1nnc(CSC(c2ccc(F)cc2)c2ccc(F)cc2)o1. The third-order valence-electron chi connectivity index (χ3n) is 3.29.